The lowest BCUT2D eigenvalue weighted by Crippen LogP contribution is -2.13. The smallest absolute Gasteiger partial charge is 0.312 e. The van der Waals surface area contributed by atoms with E-state index in [1.54, 1.807) is 18.4 Å². The number of aliphatic carboxylic acids is 1. The molecule has 2 heterocycles. The zero-order chi connectivity index (χ0) is 13.0. The molecular formula is C13H16N2O3. The fraction of sp³-hybridized carbons (Fsp3) is 0.385. The summed E-state index contributed by atoms with van der Waals surface area (Å²) in [5.74, 6) is -0.804. The van der Waals surface area contributed by atoms with Crippen LogP contribution in [0.5, 0.6) is 0 Å². The molecule has 2 rings (SSSR count). The largest absolute Gasteiger partial charge is 0.481 e. The minimum Gasteiger partial charge on any atom is -0.481 e. The Balaban J connectivity index is 2.31. The van der Waals surface area contributed by atoms with Crippen molar-refractivity contribution >= 4 is 5.97 Å². The van der Waals surface area contributed by atoms with Crippen LogP contribution in [0.2, 0.25) is 0 Å². The van der Waals surface area contributed by atoms with Crippen molar-refractivity contribution < 1.29 is 14.3 Å². The third kappa shape index (κ3) is 2.45. The minimum absolute atomic E-state index is 0.562. The maximum atomic E-state index is 11.3. The number of unbranched alkanes of at least 4 members (excludes halogenated alkanes) is 1. The van der Waals surface area contributed by atoms with E-state index in [1.807, 2.05) is 6.92 Å². The third-order valence-corrected chi connectivity index (χ3v) is 2.92. The highest BCUT2D eigenvalue weighted by molar-refractivity contribution is 5.78. The Labute approximate surface area is 105 Å². The summed E-state index contributed by atoms with van der Waals surface area (Å²) in [5.41, 5.74) is 1.20. The van der Waals surface area contributed by atoms with Crippen molar-refractivity contribution in [2.24, 2.45) is 0 Å². The van der Waals surface area contributed by atoms with Gasteiger partial charge in [0.2, 0.25) is 0 Å². The van der Waals surface area contributed by atoms with Crippen LogP contribution in [0.4, 0.5) is 0 Å². The minimum atomic E-state index is -0.833. The monoisotopic (exact) mass is 248 g/mol. The van der Waals surface area contributed by atoms with E-state index in [-0.39, 0.29) is 0 Å². The fourth-order valence-corrected chi connectivity index (χ4v) is 1.98. The molecule has 0 aliphatic rings. The Morgan fingerprint density at radius 1 is 1.61 bits per heavy atom. The molecule has 18 heavy (non-hydrogen) atoms. The fourth-order valence-electron chi connectivity index (χ4n) is 1.98. The number of carboxylic acid groups (broad SMARTS) is 1. The quantitative estimate of drug-likeness (QED) is 0.823. The van der Waals surface area contributed by atoms with Crippen LogP contribution in [-0.2, 0) is 4.79 Å². The Kier molecular flexibility index (Phi) is 3.82. The van der Waals surface area contributed by atoms with Crippen molar-refractivity contribution in [1.82, 2.24) is 9.97 Å². The summed E-state index contributed by atoms with van der Waals surface area (Å²) in [6.07, 6.45) is 5.49. The molecule has 0 saturated heterocycles. The lowest BCUT2D eigenvalue weighted by molar-refractivity contribution is -0.139. The summed E-state index contributed by atoms with van der Waals surface area (Å²) in [4.78, 5) is 18.4. The number of aromatic amines is 1. The molecule has 0 fully saturated rings. The van der Waals surface area contributed by atoms with Gasteiger partial charge in [0.25, 0.3) is 0 Å². The first-order valence-electron chi connectivity index (χ1n) is 6.04. The van der Waals surface area contributed by atoms with E-state index in [9.17, 15) is 9.90 Å². The predicted molar refractivity (Wildman–Crippen MR) is 66.2 cm³/mol. The van der Waals surface area contributed by atoms with E-state index in [2.05, 4.69) is 9.97 Å². The number of nitrogens with zero attached hydrogens (tertiary/aromatic N) is 1. The number of hydrogen-bond acceptors (Lipinski definition) is 3. The molecule has 2 aromatic heterocycles. The number of rotatable bonds is 6. The summed E-state index contributed by atoms with van der Waals surface area (Å²) in [6, 6.07) is 3.54. The number of furan rings is 1. The van der Waals surface area contributed by atoms with Gasteiger partial charge >= 0.3 is 5.97 Å². The standard InChI is InChI=1S/C13H16N2O3/c1-2-3-5-9(13(16)17)11-12(15-8-14-11)10-6-4-7-18-10/h4,6-9H,2-3,5H2,1H3,(H,14,15)(H,16,17). The van der Waals surface area contributed by atoms with Crippen LogP contribution in [-0.4, -0.2) is 21.0 Å². The molecule has 1 atom stereocenters. The van der Waals surface area contributed by atoms with Crippen LogP contribution in [0.1, 0.15) is 37.8 Å². The molecule has 0 bridgehead atoms. The molecular weight excluding hydrogens is 232 g/mol. The zero-order valence-corrected chi connectivity index (χ0v) is 10.2. The molecule has 0 amide bonds. The van der Waals surface area contributed by atoms with Crippen molar-refractivity contribution in [2.75, 3.05) is 0 Å². The van der Waals surface area contributed by atoms with Gasteiger partial charge in [-0.3, -0.25) is 4.79 Å². The molecule has 0 aromatic carbocycles. The highest BCUT2D eigenvalue weighted by Gasteiger charge is 2.25. The lowest BCUT2D eigenvalue weighted by atomic mass is 9.96. The lowest BCUT2D eigenvalue weighted by Gasteiger charge is -2.11. The van der Waals surface area contributed by atoms with E-state index in [0.29, 0.717) is 23.6 Å². The average Bonchev–Trinajstić information content (AvgIpc) is 2.99. The van der Waals surface area contributed by atoms with Crippen LogP contribution in [0.15, 0.2) is 29.1 Å². The summed E-state index contributed by atoms with van der Waals surface area (Å²) >= 11 is 0. The van der Waals surface area contributed by atoms with Crippen molar-refractivity contribution in [3.63, 3.8) is 0 Å². The van der Waals surface area contributed by atoms with E-state index in [4.69, 9.17) is 4.42 Å². The topological polar surface area (TPSA) is 79.1 Å². The molecule has 5 heteroatoms. The molecule has 96 valence electrons. The van der Waals surface area contributed by atoms with Crippen LogP contribution >= 0.6 is 0 Å². The van der Waals surface area contributed by atoms with E-state index >= 15 is 0 Å². The van der Waals surface area contributed by atoms with Gasteiger partial charge in [-0.05, 0) is 18.6 Å². The molecule has 0 aliphatic heterocycles. The summed E-state index contributed by atoms with van der Waals surface area (Å²) in [7, 11) is 0. The van der Waals surface area contributed by atoms with Crippen molar-refractivity contribution in [3.05, 3.63) is 30.4 Å². The SMILES string of the molecule is CCCCC(C(=O)O)c1[nH]cnc1-c1ccco1. The molecule has 2 aromatic rings. The number of H-pyrrole nitrogens is 1. The van der Waals surface area contributed by atoms with Gasteiger partial charge < -0.3 is 14.5 Å². The molecule has 5 nitrogen and oxygen atoms in total. The number of carboxylic acids is 1. The Morgan fingerprint density at radius 2 is 2.44 bits per heavy atom. The van der Waals surface area contributed by atoms with Gasteiger partial charge in [0.05, 0.1) is 24.2 Å². The van der Waals surface area contributed by atoms with Gasteiger partial charge in [-0.25, -0.2) is 4.98 Å². The summed E-state index contributed by atoms with van der Waals surface area (Å²) < 4.78 is 5.28. The normalized spacial score (nSPS) is 12.5. The third-order valence-electron chi connectivity index (χ3n) is 2.92. The number of imidazole rings is 1. The van der Waals surface area contributed by atoms with Crippen molar-refractivity contribution in [3.8, 4) is 11.5 Å². The van der Waals surface area contributed by atoms with E-state index < -0.39 is 11.9 Å². The summed E-state index contributed by atoms with van der Waals surface area (Å²) in [5, 5.41) is 9.32. The van der Waals surface area contributed by atoms with Crippen LogP contribution in [0, 0.1) is 0 Å². The first kappa shape index (κ1) is 12.4. The molecule has 0 aliphatic carbocycles. The Bertz CT molecular complexity index is 502. The molecule has 0 spiro atoms. The number of aromatic nitrogens is 2. The van der Waals surface area contributed by atoms with Crippen molar-refractivity contribution in [2.45, 2.75) is 32.1 Å². The molecule has 0 saturated carbocycles. The van der Waals surface area contributed by atoms with Crippen LogP contribution in [0.3, 0.4) is 0 Å². The second-order valence-corrected chi connectivity index (χ2v) is 4.18. The van der Waals surface area contributed by atoms with Gasteiger partial charge in [-0.2, -0.15) is 0 Å². The molecule has 0 radical (unpaired) electrons. The summed E-state index contributed by atoms with van der Waals surface area (Å²) in [6.45, 7) is 2.04. The van der Waals surface area contributed by atoms with E-state index in [0.717, 1.165) is 12.8 Å². The number of nitrogens with one attached hydrogen (secondary N) is 1. The average molecular weight is 248 g/mol. The second-order valence-electron chi connectivity index (χ2n) is 4.18. The second kappa shape index (κ2) is 5.53. The van der Waals surface area contributed by atoms with Crippen LogP contribution < -0.4 is 0 Å². The van der Waals surface area contributed by atoms with Crippen LogP contribution in [0.25, 0.3) is 11.5 Å². The van der Waals surface area contributed by atoms with Gasteiger partial charge in [0, 0.05) is 0 Å². The molecule has 2 N–H and O–H groups in total. The number of carbonyl (C=O) groups is 1. The van der Waals surface area contributed by atoms with Gasteiger partial charge in [0.1, 0.15) is 5.69 Å². The van der Waals surface area contributed by atoms with Gasteiger partial charge in [-0.15, -0.1) is 0 Å². The zero-order valence-electron chi connectivity index (χ0n) is 10.2. The maximum absolute atomic E-state index is 11.3. The predicted octanol–water partition coefficient (Wildman–Crippen LogP) is 3.03. The first-order valence-corrected chi connectivity index (χ1v) is 6.04. The maximum Gasteiger partial charge on any atom is 0.312 e. The Morgan fingerprint density at radius 3 is 3.06 bits per heavy atom. The highest BCUT2D eigenvalue weighted by Crippen LogP contribution is 2.29. The van der Waals surface area contributed by atoms with Crippen molar-refractivity contribution in [1.29, 1.82) is 0 Å². The van der Waals surface area contributed by atoms with Gasteiger partial charge in [-0.1, -0.05) is 19.8 Å². The molecule has 1 unspecified atom stereocenters. The Hall–Kier alpha value is -2.04. The van der Waals surface area contributed by atoms with E-state index in [1.165, 1.54) is 6.33 Å². The number of hydrogen-bond donors (Lipinski definition) is 2. The first-order chi connectivity index (χ1) is 8.74. The van der Waals surface area contributed by atoms with Gasteiger partial charge in [0.15, 0.2) is 5.76 Å². The highest BCUT2D eigenvalue weighted by atomic mass is 16.4.